The number of aromatic nitrogens is 2. The van der Waals surface area contributed by atoms with E-state index in [0.29, 0.717) is 10.7 Å². The van der Waals surface area contributed by atoms with Crippen molar-refractivity contribution in [2.75, 3.05) is 0 Å². The van der Waals surface area contributed by atoms with Crippen LogP contribution in [0.4, 0.5) is 0 Å². The van der Waals surface area contributed by atoms with Crippen molar-refractivity contribution in [3.8, 4) is 16.9 Å². The molecule has 0 fully saturated rings. The van der Waals surface area contributed by atoms with E-state index in [0.717, 1.165) is 21.7 Å². The predicted octanol–water partition coefficient (Wildman–Crippen LogP) is 4.63. The van der Waals surface area contributed by atoms with E-state index >= 15 is 0 Å². The van der Waals surface area contributed by atoms with Crippen LogP contribution in [-0.2, 0) is 0 Å². The fraction of sp³-hybridized carbons (Fsp3) is 0. The second-order valence-corrected chi connectivity index (χ2v) is 6.48. The summed E-state index contributed by atoms with van der Waals surface area (Å²) in [6.07, 6.45) is 1.93. The molecule has 0 amide bonds. The van der Waals surface area contributed by atoms with Gasteiger partial charge in [-0.1, -0.05) is 41.6 Å². The zero-order chi connectivity index (χ0) is 15.8. The van der Waals surface area contributed by atoms with Gasteiger partial charge in [0.25, 0.3) is 5.56 Å². The van der Waals surface area contributed by atoms with Crippen LogP contribution in [0.2, 0.25) is 5.02 Å². The molecule has 4 rings (SSSR count). The third kappa shape index (κ3) is 2.60. The number of rotatable bonds is 1. The normalized spacial score (nSPS) is 12.4. The van der Waals surface area contributed by atoms with Crippen LogP contribution in [0, 0.1) is 0 Å². The molecule has 5 heteroatoms. The van der Waals surface area contributed by atoms with Crippen molar-refractivity contribution >= 4 is 29.4 Å². The number of hydrogen-bond acceptors (Lipinski definition) is 3. The van der Waals surface area contributed by atoms with Gasteiger partial charge in [0.05, 0.1) is 11.4 Å². The lowest BCUT2D eigenvalue weighted by atomic mass is 10.1. The van der Waals surface area contributed by atoms with E-state index in [1.54, 1.807) is 42.1 Å². The van der Waals surface area contributed by atoms with Crippen LogP contribution in [0.3, 0.4) is 0 Å². The monoisotopic (exact) mass is 338 g/mol. The summed E-state index contributed by atoms with van der Waals surface area (Å²) < 4.78 is 1.41. The first-order valence-electron chi connectivity index (χ1n) is 7.05. The highest BCUT2D eigenvalue weighted by Gasteiger charge is 2.15. The van der Waals surface area contributed by atoms with Crippen LogP contribution in [0.15, 0.2) is 69.7 Å². The maximum absolute atomic E-state index is 12.4. The van der Waals surface area contributed by atoms with Gasteiger partial charge in [0.1, 0.15) is 0 Å². The highest BCUT2D eigenvalue weighted by Crippen LogP contribution is 2.36. The van der Waals surface area contributed by atoms with E-state index in [-0.39, 0.29) is 5.56 Å². The van der Waals surface area contributed by atoms with Crippen molar-refractivity contribution in [1.82, 2.24) is 9.78 Å². The Bertz CT molecular complexity index is 977. The standard InChI is InChI=1S/C18H11ClN2OS/c19-13-5-7-14(8-6-13)21-17(22)11-12-9-10-23-16-4-2-1-3-15(16)18(12)20-21/h1-11H. The third-order valence-corrected chi connectivity index (χ3v) is 4.75. The minimum Gasteiger partial charge on any atom is -0.267 e. The fourth-order valence-electron chi connectivity index (χ4n) is 2.52. The summed E-state index contributed by atoms with van der Waals surface area (Å²) in [5.41, 5.74) is 3.19. The second-order valence-electron chi connectivity index (χ2n) is 5.09. The first-order valence-corrected chi connectivity index (χ1v) is 8.31. The molecule has 0 unspecified atom stereocenters. The number of halogens is 1. The van der Waals surface area contributed by atoms with Gasteiger partial charge in [-0.15, -0.1) is 0 Å². The molecule has 1 aromatic heterocycles. The zero-order valence-corrected chi connectivity index (χ0v) is 13.5. The Hall–Kier alpha value is -2.30. The Morgan fingerprint density at radius 2 is 1.83 bits per heavy atom. The lowest BCUT2D eigenvalue weighted by Gasteiger charge is -2.11. The molecule has 1 aliphatic rings. The Kier molecular flexibility index (Phi) is 3.56. The van der Waals surface area contributed by atoms with E-state index in [9.17, 15) is 4.79 Å². The van der Waals surface area contributed by atoms with Gasteiger partial charge in [-0.3, -0.25) is 4.79 Å². The summed E-state index contributed by atoms with van der Waals surface area (Å²) in [4.78, 5) is 13.5. The highest BCUT2D eigenvalue weighted by atomic mass is 35.5. The van der Waals surface area contributed by atoms with Gasteiger partial charge in [-0.05, 0) is 41.8 Å². The Balaban J connectivity index is 1.97. The van der Waals surface area contributed by atoms with E-state index in [1.807, 2.05) is 29.7 Å². The van der Waals surface area contributed by atoms with Crippen molar-refractivity contribution < 1.29 is 0 Å². The molecule has 112 valence electrons. The number of benzene rings is 2. The fourth-order valence-corrected chi connectivity index (χ4v) is 3.45. The molecule has 0 saturated carbocycles. The Morgan fingerprint density at radius 1 is 1.04 bits per heavy atom. The average molecular weight is 339 g/mol. The number of fused-ring (bicyclic) bond motifs is 3. The molecule has 0 aliphatic carbocycles. The van der Waals surface area contributed by atoms with Crippen LogP contribution in [-0.4, -0.2) is 9.78 Å². The smallest absolute Gasteiger partial charge is 0.267 e. The average Bonchev–Trinajstić information content (AvgIpc) is 2.74. The molecule has 1 aliphatic heterocycles. The lowest BCUT2D eigenvalue weighted by molar-refractivity contribution is 0.810. The number of thioether (sulfide) groups is 1. The summed E-state index contributed by atoms with van der Waals surface area (Å²) in [6.45, 7) is 0. The van der Waals surface area contributed by atoms with Crippen molar-refractivity contribution in [3.05, 3.63) is 80.9 Å². The molecule has 23 heavy (non-hydrogen) atoms. The van der Waals surface area contributed by atoms with E-state index < -0.39 is 0 Å². The molecule has 0 spiro atoms. The number of hydrogen-bond donors (Lipinski definition) is 0. The minimum absolute atomic E-state index is 0.167. The molecule has 3 nitrogen and oxygen atoms in total. The third-order valence-electron chi connectivity index (χ3n) is 3.62. The largest absolute Gasteiger partial charge is 0.272 e. The van der Waals surface area contributed by atoms with Crippen molar-refractivity contribution in [2.45, 2.75) is 4.90 Å². The van der Waals surface area contributed by atoms with Gasteiger partial charge < -0.3 is 0 Å². The first-order chi connectivity index (χ1) is 11.2. The molecule has 0 radical (unpaired) electrons. The molecule has 2 heterocycles. The predicted molar refractivity (Wildman–Crippen MR) is 95.2 cm³/mol. The first kappa shape index (κ1) is 14.3. The minimum atomic E-state index is -0.167. The maximum Gasteiger partial charge on any atom is 0.272 e. The van der Waals surface area contributed by atoms with Crippen LogP contribution >= 0.6 is 23.4 Å². The van der Waals surface area contributed by atoms with Gasteiger partial charge in [-0.2, -0.15) is 9.78 Å². The summed E-state index contributed by atoms with van der Waals surface area (Å²) in [5, 5.41) is 7.22. The van der Waals surface area contributed by atoms with Gasteiger partial charge in [0, 0.05) is 27.1 Å². The summed E-state index contributed by atoms with van der Waals surface area (Å²) in [6, 6.07) is 16.8. The van der Waals surface area contributed by atoms with Gasteiger partial charge >= 0.3 is 0 Å². The van der Waals surface area contributed by atoms with Crippen molar-refractivity contribution in [2.24, 2.45) is 0 Å². The lowest BCUT2D eigenvalue weighted by Crippen LogP contribution is -2.21. The second kappa shape index (κ2) is 5.72. The Labute approximate surface area is 142 Å². The van der Waals surface area contributed by atoms with E-state index in [4.69, 9.17) is 11.6 Å². The number of nitrogens with zero attached hydrogens (tertiary/aromatic N) is 2. The highest BCUT2D eigenvalue weighted by molar-refractivity contribution is 8.02. The molecular weight excluding hydrogens is 328 g/mol. The molecule has 3 aromatic rings. The molecular formula is C18H11ClN2OS. The molecule has 0 bridgehead atoms. The quantitative estimate of drug-likeness (QED) is 0.649. The van der Waals surface area contributed by atoms with Crippen LogP contribution in [0.5, 0.6) is 0 Å². The SMILES string of the molecule is O=c1cc2c(nn1-c1ccc(Cl)cc1)-c1ccccc1SC=C2. The molecule has 2 aromatic carbocycles. The van der Waals surface area contributed by atoms with Crippen molar-refractivity contribution in [1.29, 1.82) is 0 Å². The summed E-state index contributed by atoms with van der Waals surface area (Å²) in [5.74, 6) is 0. The summed E-state index contributed by atoms with van der Waals surface area (Å²) in [7, 11) is 0. The van der Waals surface area contributed by atoms with Crippen LogP contribution < -0.4 is 5.56 Å². The topological polar surface area (TPSA) is 34.9 Å². The van der Waals surface area contributed by atoms with E-state index in [1.165, 1.54) is 4.68 Å². The Morgan fingerprint density at radius 3 is 2.65 bits per heavy atom. The van der Waals surface area contributed by atoms with E-state index in [2.05, 4.69) is 11.2 Å². The summed E-state index contributed by atoms with van der Waals surface area (Å²) >= 11 is 7.55. The van der Waals surface area contributed by atoms with Crippen LogP contribution in [0.25, 0.3) is 23.0 Å². The van der Waals surface area contributed by atoms with Crippen molar-refractivity contribution in [3.63, 3.8) is 0 Å². The van der Waals surface area contributed by atoms with Gasteiger partial charge in [0.2, 0.25) is 0 Å². The van der Waals surface area contributed by atoms with Crippen LogP contribution in [0.1, 0.15) is 5.56 Å². The molecule has 0 saturated heterocycles. The zero-order valence-electron chi connectivity index (χ0n) is 11.9. The van der Waals surface area contributed by atoms with Gasteiger partial charge in [-0.25, -0.2) is 0 Å². The molecule has 0 N–H and O–H groups in total. The molecule has 0 atom stereocenters. The van der Waals surface area contributed by atoms with Gasteiger partial charge in [0.15, 0.2) is 0 Å². The maximum atomic E-state index is 12.4.